The smallest absolute Gasteiger partial charge is 0.0172 e. The lowest BCUT2D eigenvalue weighted by molar-refractivity contribution is 0.640. The van der Waals surface area contributed by atoms with Gasteiger partial charge in [0.1, 0.15) is 0 Å². The molecule has 1 fully saturated rings. The first-order valence-electron chi connectivity index (χ1n) is 6.14. The van der Waals surface area contributed by atoms with E-state index in [1.807, 2.05) is 0 Å². The second kappa shape index (κ2) is 5.12. The third-order valence-electron chi connectivity index (χ3n) is 3.46. The van der Waals surface area contributed by atoms with Crippen LogP contribution in [0.1, 0.15) is 38.2 Å². The first-order valence-corrected chi connectivity index (χ1v) is 7.74. The second-order valence-electron chi connectivity index (χ2n) is 4.59. The molecule has 2 unspecified atom stereocenters. The van der Waals surface area contributed by atoms with E-state index in [-0.39, 0.29) is 7.92 Å². The molecule has 1 aromatic rings. The molecule has 0 bridgehead atoms. The topological polar surface area (TPSA) is 0 Å². The van der Waals surface area contributed by atoms with Gasteiger partial charge in [0.2, 0.25) is 0 Å². The highest BCUT2D eigenvalue weighted by Crippen LogP contribution is 2.48. The Morgan fingerprint density at radius 1 is 1.20 bits per heavy atom. The summed E-state index contributed by atoms with van der Waals surface area (Å²) in [6, 6.07) is 9.29. The Kier molecular flexibility index (Phi) is 3.81. The van der Waals surface area contributed by atoms with E-state index in [0.29, 0.717) is 0 Å². The van der Waals surface area contributed by atoms with Crippen molar-refractivity contribution >= 4 is 13.2 Å². The van der Waals surface area contributed by atoms with Gasteiger partial charge >= 0.3 is 0 Å². The fourth-order valence-electron chi connectivity index (χ4n) is 2.50. The molecular weight excluding hydrogens is 199 g/mol. The van der Waals surface area contributed by atoms with Crippen LogP contribution in [0.2, 0.25) is 0 Å². The van der Waals surface area contributed by atoms with Gasteiger partial charge < -0.3 is 0 Å². The molecular formula is C14H21P. The van der Waals surface area contributed by atoms with Crippen molar-refractivity contribution in [3.63, 3.8) is 0 Å². The van der Waals surface area contributed by atoms with E-state index in [1.54, 1.807) is 5.30 Å². The molecule has 0 aliphatic carbocycles. The van der Waals surface area contributed by atoms with Crippen molar-refractivity contribution < 1.29 is 0 Å². The Bertz CT molecular complexity index is 302. The van der Waals surface area contributed by atoms with Crippen molar-refractivity contribution in [2.75, 3.05) is 6.16 Å². The van der Waals surface area contributed by atoms with Gasteiger partial charge in [0.15, 0.2) is 0 Å². The van der Waals surface area contributed by atoms with Crippen molar-refractivity contribution in [3.8, 4) is 0 Å². The Morgan fingerprint density at radius 3 is 2.60 bits per heavy atom. The molecule has 0 N–H and O–H groups in total. The first-order chi connectivity index (χ1) is 7.31. The normalized spacial score (nSPS) is 26.5. The zero-order chi connectivity index (χ0) is 10.7. The van der Waals surface area contributed by atoms with E-state index in [0.717, 1.165) is 5.66 Å². The Labute approximate surface area is 94.8 Å². The molecule has 0 aromatic heterocycles. The van der Waals surface area contributed by atoms with Crippen LogP contribution in [0, 0.1) is 6.92 Å². The maximum Gasteiger partial charge on any atom is -0.0172 e. The van der Waals surface area contributed by atoms with E-state index in [1.165, 1.54) is 37.4 Å². The van der Waals surface area contributed by atoms with Gasteiger partial charge in [-0.2, -0.15) is 0 Å². The van der Waals surface area contributed by atoms with E-state index in [9.17, 15) is 0 Å². The predicted molar refractivity (Wildman–Crippen MR) is 70.5 cm³/mol. The van der Waals surface area contributed by atoms with Crippen LogP contribution < -0.4 is 5.30 Å². The maximum atomic E-state index is 2.37. The lowest BCUT2D eigenvalue weighted by Crippen LogP contribution is -2.19. The summed E-state index contributed by atoms with van der Waals surface area (Å²) in [5, 5.41) is 1.64. The molecule has 2 atom stereocenters. The average Bonchev–Trinajstić information content (AvgIpc) is 2.30. The van der Waals surface area contributed by atoms with E-state index in [4.69, 9.17) is 0 Å². The third kappa shape index (κ3) is 2.61. The zero-order valence-electron chi connectivity index (χ0n) is 9.87. The lowest BCUT2D eigenvalue weighted by atomic mass is 10.1. The first kappa shape index (κ1) is 11.1. The highest BCUT2D eigenvalue weighted by Gasteiger charge is 2.24. The number of aryl methyl sites for hydroxylation is 1. The summed E-state index contributed by atoms with van der Waals surface area (Å²) in [6.45, 7) is 4.54. The fourth-order valence-corrected chi connectivity index (χ4v) is 5.58. The monoisotopic (exact) mass is 220 g/mol. The summed E-state index contributed by atoms with van der Waals surface area (Å²) < 4.78 is 0. The lowest BCUT2D eigenvalue weighted by Gasteiger charge is -2.31. The van der Waals surface area contributed by atoms with Crippen LogP contribution in [-0.2, 0) is 0 Å². The number of hydrogen-bond donors (Lipinski definition) is 0. The molecule has 1 saturated heterocycles. The van der Waals surface area contributed by atoms with Crippen LogP contribution in [0.15, 0.2) is 24.3 Å². The van der Waals surface area contributed by atoms with Crippen LogP contribution in [0.3, 0.4) is 0 Å². The van der Waals surface area contributed by atoms with Gasteiger partial charge in [0.25, 0.3) is 0 Å². The van der Waals surface area contributed by atoms with E-state index < -0.39 is 0 Å². The van der Waals surface area contributed by atoms with Crippen LogP contribution in [0.25, 0.3) is 0 Å². The standard InChI is InChI=1S/C14H21P/c1-3-13-6-4-5-11-15(13)14-9-7-12(2)8-10-14/h7-10,13H,3-6,11H2,1-2H3. The molecule has 1 aromatic carbocycles. The highest BCUT2D eigenvalue weighted by molar-refractivity contribution is 7.66. The van der Waals surface area contributed by atoms with Gasteiger partial charge in [0, 0.05) is 0 Å². The van der Waals surface area contributed by atoms with Gasteiger partial charge in [-0.3, -0.25) is 0 Å². The molecule has 2 rings (SSSR count). The fraction of sp³-hybridized carbons (Fsp3) is 0.571. The van der Waals surface area contributed by atoms with Gasteiger partial charge in [0.05, 0.1) is 0 Å². The molecule has 0 amide bonds. The SMILES string of the molecule is CCC1CCCCP1c1ccc(C)cc1. The summed E-state index contributed by atoms with van der Waals surface area (Å²) in [5.41, 5.74) is 2.38. The number of benzene rings is 1. The van der Waals surface area contributed by atoms with Crippen LogP contribution in [0.4, 0.5) is 0 Å². The van der Waals surface area contributed by atoms with Crippen molar-refractivity contribution in [1.82, 2.24) is 0 Å². The molecule has 0 saturated carbocycles. The molecule has 0 nitrogen and oxygen atoms in total. The minimum absolute atomic E-state index is 0.157. The van der Waals surface area contributed by atoms with Crippen molar-refractivity contribution in [3.05, 3.63) is 29.8 Å². The Morgan fingerprint density at radius 2 is 1.93 bits per heavy atom. The van der Waals surface area contributed by atoms with Crippen LogP contribution in [0.5, 0.6) is 0 Å². The molecule has 15 heavy (non-hydrogen) atoms. The summed E-state index contributed by atoms with van der Waals surface area (Å²) in [4.78, 5) is 0. The third-order valence-corrected chi connectivity index (χ3v) is 6.73. The van der Waals surface area contributed by atoms with Crippen molar-refractivity contribution in [2.45, 2.75) is 45.2 Å². The summed E-state index contributed by atoms with van der Waals surface area (Å²) in [7, 11) is 0.157. The van der Waals surface area contributed by atoms with E-state index in [2.05, 4.69) is 38.1 Å². The second-order valence-corrected chi connectivity index (χ2v) is 7.22. The maximum absolute atomic E-state index is 2.37. The van der Waals surface area contributed by atoms with Gasteiger partial charge in [-0.05, 0) is 43.3 Å². The molecule has 0 radical (unpaired) electrons. The van der Waals surface area contributed by atoms with Gasteiger partial charge in [-0.15, -0.1) is 0 Å². The van der Waals surface area contributed by atoms with E-state index >= 15 is 0 Å². The largest absolute Gasteiger partial charge is 0.0722 e. The molecule has 1 aliphatic rings. The van der Waals surface area contributed by atoms with Gasteiger partial charge in [-0.1, -0.05) is 51.1 Å². The molecule has 82 valence electrons. The Hall–Kier alpha value is -0.350. The summed E-state index contributed by atoms with van der Waals surface area (Å²) in [5.74, 6) is 0. The Balaban J connectivity index is 2.16. The predicted octanol–water partition coefficient (Wildman–Crippen LogP) is 4.06. The molecule has 0 spiro atoms. The van der Waals surface area contributed by atoms with Crippen LogP contribution >= 0.6 is 7.92 Å². The average molecular weight is 220 g/mol. The van der Waals surface area contributed by atoms with Crippen molar-refractivity contribution in [1.29, 1.82) is 0 Å². The molecule has 1 heteroatoms. The molecule has 1 aliphatic heterocycles. The van der Waals surface area contributed by atoms with Crippen molar-refractivity contribution in [2.24, 2.45) is 0 Å². The summed E-state index contributed by atoms with van der Waals surface area (Å²) >= 11 is 0. The number of hydrogen-bond acceptors (Lipinski definition) is 0. The molecule has 1 heterocycles. The quantitative estimate of drug-likeness (QED) is 0.659. The number of rotatable bonds is 2. The summed E-state index contributed by atoms with van der Waals surface area (Å²) in [6.07, 6.45) is 7.23. The van der Waals surface area contributed by atoms with Crippen LogP contribution in [-0.4, -0.2) is 11.8 Å². The minimum atomic E-state index is 0.157. The minimum Gasteiger partial charge on any atom is -0.0722 e. The van der Waals surface area contributed by atoms with Gasteiger partial charge in [-0.25, -0.2) is 0 Å². The zero-order valence-corrected chi connectivity index (χ0v) is 10.8. The highest BCUT2D eigenvalue weighted by atomic mass is 31.1.